The normalized spacial score (nSPS) is 11.7. The van der Waals surface area contributed by atoms with Gasteiger partial charge in [-0.05, 0) is 25.0 Å². The van der Waals surface area contributed by atoms with Crippen LogP contribution in [0.1, 0.15) is 17.5 Å². The lowest BCUT2D eigenvalue weighted by Gasteiger charge is -2.26. The number of aryl methyl sites for hydroxylation is 2. The largest absolute Gasteiger partial charge is 0.469 e. The van der Waals surface area contributed by atoms with Crippen molar-refractivity contribution >= 4 is 17.6 Å². The maximum absolute atomic E-state index is 11.8. The van der Waals surface area contributed by atoms with Crippen molar-refractivity contribution in [2.75, 3.05) is 32.7 Å². The lowest BCUT2D eigenvalue weighted by molar-refractivity contribution is -0.151. The van der Waals surface area contributed by atoms with Crippen LogP contribution in [0, 0.1) is 19.8 Å². The first kappa shape index (κ1) is 17.0. The third-order valence-electron chi connectivity index (χ3n) is 3.49. The number of hydrogen-bond donors (Lipinski definition) is 0. The smallest absolute Gasteiger partial charge is 0.311 e. The van der Waals surface area contributed by atoms with Gasteiger partial charge in [0.15, 0.2) is 0 Å². The van der Waals surface area contributed by atoms with Gasteiger partial charge in [0, 0.05) is 19.3 Å². The number of para-hydroxylation sites is 1. The van der Waals surface area contributed by atoms with Crippen LogP contribution in [0.5, 0.6) is 0 Å². The molecule has 0 radical (unpaired) electrons. The third-order valence-corrected chi connectivity index (χ3v) is 3.49. The first-order valence-electron chi connectivity index (χ1n) is 6.82. The number of benzene rings is 1. The summed E-state index contributed by atoms with van der Waals surface area (Å²) in [4.78, 5) is 25.3. The summed E-state index contributed by atoms with van der Waals surface area (Å²) in [5.74, 6) is -1.37. The number of rotatable bonds is 6. The zero-order valence-electron chi connectivity index (χ0n) is 13.3. The number of carbonyl (C=O) groups excluding carboxylic acids is 2. The molecule has 0 heterocycles. The van der Waals surface area contributed by atoms with Crippen LogP contribution in [0.3, 0.4) is 0 Å². The van der Waals surface area contributed by atoms with E-state index in [9.17, 15) is 9.59 Å². The van der Waals surface area contributed by atoms with Crippen LogP contribution in [0.15, 0.2) is 18.2 Å². The van der Waals surface area contributed by atoms with Gasteiger partial charge in [-0.25, -0.2) is 0 Å². The predicted molar refractivity (Wildman–Crippen MR) is 81.3 cm³/mol. The molecule has 0 fully saturated rings. The molecular weight excluding hydrogens is 270 g/mol. The number of carbonyl (C=O) groups is 2. The Balaban J connectivity index is 2.92. The highest BCUT2D eigenvalue weighted by molar-refractivity contribution is 5.80. The van der Waals surface area contributed by atoms with Crippen molar-refractivity contribution in [1.29, 1.82) is 0 Å². The van der Waals surface area contributed by atoms with E-state index in [1.807, 2.05) is 44.0 Å². The van der Waals surface area contributed by atoms with Gasteiger partial charge < -0.3 is 14.4 Å². The summed E-state index contributed by atoms with van der Waals surface area (Å²) in [6.45, 7) is 4.44. The molecule has 1 aromatic carbocycles. The SMILES string of the molecule is COC(=O)CC(CN(C)c1c(C)cccc1C)C(=O)OC. The van der Waals surface area contributed by atoms with E-state index in [-0.39, 0.29) is 6.42 Å². The van der Waals surface area contributed by atoms with Crippen LogP contribution in [-0.2, 0) is 19.1 Å². The molecule has 1 rings (SSSR count). The van der Waals surface area contributed by atoms with Gasteiger partial charge in [0.2, 0.25) is 0 Å². The number of ether oxygens (including phenoxy) is 2. The monoisotopic (exact) mass is 293 g/mol. The van der Waals surface area contributed by atoms with Crippen molar-refractivity contribution < 1.29 is 19.1 Å². The molecule has 0 aromatic heterocycles. The van der Waals surface area contributed by atoms with Gasteiger partial charge in [-0.15, -0.1) is 0 Å². The van der Waals surface area contributed by atoms with Crippen LogP contribution in [0.25, 0.3) is 0 Å². The van der Waals surface area contributed by atoms with Crippen molar-refractivity contribution in [3.05, 3.63) is 29.3 Å². The van der Waals surface area contributed by atoms with Crippen molar-refractivity contribution in [2.45, 2.75) is 20.3 Å². The quantitative estimate of drug-likeness (QED) is 0.752. The van der Waals surface area contributed by atoms with E-state index in [0.29, 0.717) is 6.54 Å². The first-order valence-corrected chi connectivity index (χ1v) is 6.82. The van der Waals surface area contributed by atoms with Crippen LogP contribution < -0.4 is 4.90 Å². The molecule has 0 amide bonds. The Kier molecular flexibility index (Phi) is 6.21. The van der Waals surface area contributed by atoms with Crippen molar-refractivity contribution in [3.8, 4) is 0 Å². The van der Waals surface area contributed by atoms with Crippen molar-refractivity contribution in [1.82, 2.24) is 0 Å². The molecule has 0 saturated heterocycles. The third kappa shape index (κ3) is 4.48. The molecule has 1 unspecified atom stereocenters. The predicted octanol–water partition coefficient (Wildman–Crippen LogP) is 2.09. The Morgan fingerprint density at radius 3 is 2.19 bits per heavy atom. The number of esters is 2. The van der Waals surface area contributed by atoms with Crippen LogP contribution in [0.2, 0.25) is 0 Å². The Morgan fingerprint density at radius 1 is 1.14 bits per heavy atom. The maximum atomic E-state index is 11.8. The second-order valence-corrected chi connectivity index (χ2v) is 5.12. The van der Waals surface area contributed by atoms with E-state index in [0.717, 1.165) is 16.8 Å². The highest BCUT2D eigenvalue weighted by Gasteiger charge is 2.25. The topological polar surface area (TPSA) is 55.8 Å². The minimum absolute atomic E-state index is 0.0123. The zero-order valence-corrected chi connectivity index (χ0v) is 13.3. The lowest BCUT2D eigenvalue weighted by Crippen LogP contribution is -2.33. The summed E-state index contributed by atoms with van der Waals surface area (Å²) in [6.07, 6.45) is 0.0123. The average molecular weight is 293 g/mol. The van der Waals surface area contributed by atoms with E-state index in [1.54, 1.807) is 0 Å². The van der Waals surface area contributed by atoms with Gasteiger partial charge in [-0.1, -0.05) is 18.2 Å². The Bertz CT molecular complexity index is 493. The van der Waals surface area contributed by atoms with Crippen molar-refractivity contribution in [3.63, 3.8) is 0 Å². The van der Waals surface area contributed by atoms with Crippen LogP contribution in [0.4, 0.5) is 5.69 Å². The molecule has 0 bridgehead atoms. The fourth-order valence-corrected chi connectivity index (χ4v) is 2.50. The van der Waals surface area contributed by atoms with Gasteiger partial charge in [-0.2, -0.15) is 0 Å². The average Bonchev–Trinajstić information content (AvgIpc) is 2.45. The Morgan fingerprint density at radius 2 is 1.71 bits per heavy atom. The van der Waals surface area contributed by atoms with Gasteiger partial charge in [0.25, 0.3) is 0 Å². The maximum Gasteiger partial charge on any atom is 0.311 e. The second-order valence-electron chi connectivity index (χ2n) is 5.12. The second kappa shape index (κ2) is 7.67. The number of anilines is 1. The summed E-state index contributed by atoms with van der Waals surface area (Å²) in [5.41, 5.74) is 3.31. The number of methoxy groups -OCH3 is 2. The molecule has 0 saturated carbocycles. The highest BCUT2D eigenvalue weighted by atomic mass is 16.5. The first-order chi connectivity index (χ1) is 9.90. The number of nitrogens with zero attached hydrogens (tertiary/aromatic N) is 1. The minimum Gasteiger partial charge on any atom is -0.469 e. The molecule has 1 atom stereocenters. The molecule has 0 aliphatic carbocycles. The Hall–Kier alpha value is -2.04. The molecule has 0 spiro atoms. The fraction of sp³-hybridized carbons (Fsp3) is 0.500. The minimum atomic E-state index is -0.550. The number of hydrogen-bond acceptors (Lipinski definition) is 5. The van der Waals surface area contributed by atoms with E-state index in [1.165, 1.54) is 14.2 Å². The molecule has 0 N–H and O–H groups in total. The molecule has 21 heavy (non-hydrogen) atoms. The fourth-order valence-electron chi connectivity index (χ4n) is 2.50. The molecular formula is C16H23NO4. The van der Waals surface area contributed by atoms with E-state index >= 15 is 0 Å². The molecule has 0 aliphatic rings. The molecule has 1 aromatic rings. The van der Waals surface area contributed by atoms with Crippen molar-refractivity contribution in [2.24, 2.45) is 5.92 Å². The summed E-state index contributed by atoms with van der Waals surface area (Å²) in [6, 6.07) is 6.03. The molecule has 5 nitrogen and oxygen atoms in total. The van der Waals surface area contributed by atoms with Gasteiger partial charge in [0.1, 0.15) is 0 Å². The van der Waals surface area contributed by atoms with Gasteiger partial charge >= 0.3 is 11.9 Å². The summed E-state index contributed by atoms with van der Waals surface area (Å²) in [5, 5.41) is 0. The van der Waals surface area contributed by atoms with E-state index in [2.05, 4.69) is 4.74 Å². The lowest BCUT2D eigenvalue weighted by atomic mass is 10.0. The van der Waals surface area contributed by atoms with Gasteiger partial charge in [0.05, 0.1) is 26.6 Å². The summed E-state index contributed by atoms with van der Waals surface area (Å²) in [7, 11) is 4.54. The Labute approximate surface area is 125 Å². The highest BCUT2D eigenvalue weighted by Crippen LogP contribution is 2.24. The standard InChI is InChI=1S/C16H23NO4/c1-11-7-6-8-12(2)15(11)17(3)10-13(16(19)21-5)9-14(18)20-4/h6-8,13H,9-10H2,1-5H3. The summed E-state index contributed by atoms with van der Waals surface area (Å²) >= 11 is 0. The molecule has 0 aliphatic heterocycles. The molecule has 116 valence electrons. The summed E-state index contributed by atoms with van der Waals surface area (Å²) < 4.78 is 9.43. The van der Waals surface area contributed by atoms with Gasteiger partial charge in [-0.3, -0.25) is 9.59 Å². The zero-order chi connectivity index (χ0) is 16.0. The van der Waals surface area contributed by atoms with Crippen LogP contribution >= 0.6 is 0 Å². The van der Waals surface area contributed by atoms with E-state index < -0.39 is 17.9 Å². The van der Waals surface area contributed by atoms with Crippen LogP contribution in [-0.4, -0.2) is 39.8 Å². The van der Waals surface area contributed by atoms with E-state index in [4.69, 9.17) is 4.74 Å². The molecule has 5 heteroatoms.